The first-order chi connectivity index (χ1) is 11.2. The fraction of sp³-hybridized carbons (Fsp3) is 0.500. The number of carbonyl (C=O) groups excluding carboxylic acids is 1. The van der Waals surface area contributed by atoms with Gasteiger partial charge in [-0.15, -0.1) is 11.3 Å². The molecule has 0 spiro atoms. The zero-order valence-corrected chi connectivity index (χ0v) is 13.9. The van der Waals surface area contributed by atoms with E-state index in [2.05, 4.69) is 22.5 Å². The van der Waals surface area contributed by atoms with Gasteiger partial charge in [0, 0.05) is 32.2 Å². The molecule has 2 aromatic rings. The third kappa shape index (κ3) is 2.80. The molecule has 1 amide bonds. The maximum Gasteiger partial charge on any atom is 0.246 e. The summed E-state index contributed by atoms with van der Waals surface area (Å²) in [4.78, 5) is 16.0. The van der Waals surface area contributed by atoms with Crippen molar-refractivity contribution in [3.8, 4) is 10.6 Å². The van der Waals surface area contributed by atoms with Gasteiger partial charge in [-0.05, 0) is 31.3 Å². The van der Waals surface area contributed by atoms with Gasteiger partial charge in [0.15, 0.2) is 5.76 Å². The first kappa shape index (κ1) is 14.9. The smallest absolute Gasteiger partial charge is 0.246 e. The van der Waals surface area contributed by atoms with Crippen LogP contribution in [0, 0.1) is 0 Å². The number of piperazine rings is 1. The first-order valence-corrected chi connectivity index (χ1v) is 8.81. The van der Waals surface area contributed by atoms with Crippen LogP contribution < -0.4 is 5.43 Å². The zero-order chi connectivity index (χ0) is 15.9. The zero-order valence-electron chi connectivity index (χ0n) is 13.1. The summed E-state index contributed by atoms with van der Waals surface area (Å²) in [5, 5.41) is 8.20. The molecule has 2 fully saturated rings. The molecule has 0 radical (unpaired) electrons. The van der Waals surface area contributed by atoms with E-state index in [1.54, 1.807) is 11.3 Å². The molecule has 0 atom stereocenters. The molecule has 0 unspecified atom stereocenters. The van der Waals surface area contributed by atoms with Crippen molar-refractivity contribution >= 4 is 17.2 Å². The summed E-state index contributed by atoms with van der Waals surface area (Å²) in [6.45, 7) is 3.66. The molecule has 1 saturated heterocycles. The molecule has 1 aliphatic carbocycles. The molecular formula is C16H20N4O2S. The van der Waals surface area contributed by atoms with Crippen LogP contribution in [0.25, 0.3) is 10.6 Å². The number of nitrogens with zero attached hydrogens (tertiary/aromatic N) is 3. The van der Waals surface area contributed by atoms with E-state index in [4.69, 9.17) is 4.52 Å². The van der Waals surface area contributed by atoms with Gasteiger partial charge < -0.3 is 9.42 Å². The van der Waals surface area contributed by atoms with Crippen molar-refractivity contribution in [2.45, 2.75) is 18.3 Å². The lowest BCUT2D eigenvalue weighted by Gasteiger charge is -2.33. The highest BCUT2D eigenvalue weighted by atomic mass is 32.1. The Morgan fingerprint density at radius 3 is 2.78 bits per heavy atom. The monoisotopic (exact) mass is 332 g/mol. The summed E-state index contributed by atoms with van der Waals surface area (Å²) < 4.78 is 5.45. The van der Waals surface area contributed by atoms with Gasteiger partial charge in [0.05, 0.1) is 16.0 Å². The Balaban J connectivity index is 1.46. The Kier molecular flexibility index (Phi) is 3.71. The molecule has 6 nitrogen and oxygen atoms in total. The van der Waals surface area contributed by atoms with Gasteiger partial charge in [0.2, 0.25) is 5.91 Å². The number of carbonyl (C=O) groups is 1. The van der Waals surface area contributed by atoms with Crippen molar-refractivity contribution in [2.75, 3.05) is 33.2 Å². The number of hydrazine groups is 1. The van der Waals surface area contributed by atoms with Gasteiger partial charge in [-0.1, -0.05) is 11.2 Å². The van der Waals surface area contributed by atoms with Crippen molar-refractivity contribution in [1.82, 2.24) is 20.5 Å². The number of thiophene rings is 1. The fourth-order valence-electron chi connectivity index (χ4n) is 2.93. The minimum Gasteiger partial charge on any atom is -0.355 e. The van der Waals surface area contributed by atoms with E-state index in [1.807, 2.05) is 28.6 Å². The highest BCUT2D eigenvalue weighted by Gasteiger charge is 2.54. The average Bonchev–Trinajstić information content (AvgIpc) is 2.99. The second-order valence-corrected chi connectivity index (χ2v) is 7.31. The molecule has 1 N–H and O–H groups in total. The number of likely N-dealkylation sites (N-methyl/N-ethyl adjacent to an activating group) is 1. The Bertz CT molecular complexity index is 685. The Labute approximate surface area is 139 Å². The molecule has 1 aliphatic heterocycles. The molecule has 0 bridgehead atoms. The van der Waals surface area contributed by atoms with Gasteiger partial charge in [-0.25, -0.2) is 5.01 Å². The van der Waals surface area contributed by atoms with Crippen molar-refractivity contribution in [2.24, 2.45) is 0 Å². The SMILES string of the molecule is CN1CCN(NC(=O)C2(c3cc(-c4cccs4)on3)CC2)CC1. The van der Waals surface area contributed by atoms with Crippen LogP contribution >= 0.6 is 11.3 Å². The van der Waals surface area contributed by atoms with Crippen molar-refractivity contribution in [3.63, 3.8) is 0 Å². The average molecular weight is 332 g/mol. The van der Waals surface area contributed by atoms with Gasteiger partial charge in [-0.3, -0.25) is 10.2 Å². The van der Waals surface area contributed by atoms with Gasteiger partial charge in [0.1, 0.15) is 0 Å². The summed E-state index contributed by atoms with van der Waals surface area (Å²) in [6, 6.07) is 5.90. The molecule has 0 aromatic carbocycles. The van der Waals surface area contributed by atoms with E-state index in [0.29, 0.717) is 0 Å². The molecule has 23 heavy (non-hydrogen) atoms. The number of aromatic nitrogens is 1. The van der Waals surface area contributed by atoms with Gasteiger partial charge in [0.25, 0.3) is 0 Å². The summed E-state index contributed by atoms with van der Waals surface area (Å²) >= 11 is 1.61. The maximum absolute atomic E-state index is 12.7. The lowest BCUT2D eigenvalue weighted by Crippen LogP contribution is -2.54. The van der Waals surface area contributed by atoms with Gasteiger partial charge >= 0.3 is 0 Å². The number of hydrogen-bond donors (Lipinski definition) is 1. The van der Waals surface area contributed by atoms with Crippen molar-refractivity contribution in [3.05, 3.63) is 29.3 Å². The maximum atomic E-state index is 12.7. The number of nitrogens with one attached hydrogen (secondary N) is 1. The van der Waals surface area contributed by atoms with Crippen LogP contribution in [0.15, 0.2) is 28.1 Å². The van der Waals surface area contributed by atoms with E-state index in [1.165, 1.54) is 0 Å². The first-order valence-electron chi connectivity index (χ1n) is 7.93. The fourth-order valence-corrected chi connectivity index (χ4v) is 3.60. The van der Waals surface area contributed by atoms with E-state index in [9.17, 15) is 4.79 Å². The van der Waals surface area contributed by atoms with Crippen LogP contribution in [0.1, 0.15) is 18.5 Å². The van der Waals surface area contributed by atoms with Gasteiger partial charge in [-0.2, -0.15) is 0 Å². The summed E-state index contributed by atoms with van der Waals surface area (Å²) in [5.41, 5.74) is 3.33. The minimum atomic E-state index is -0.498. The lowest BCUT2D eigenvalue weighted by atomic mass is 10.0. The largest absolute Gasteiger partial charge is 0.355 e. The summed E-state index contributed by atoms with van der Waals surface area (Å²) in [5.74, 6) is 0.793. The minimum absolute atomic E-state index is 0.0492. The number of rotatable bonds is 4. The third-order valence-electron chi connectivity index (χ3n) is 4.71. The third-order valence-corrected chi connectivity index (χ3v) is 5.60. The standard InChI is InChI=1S/C16H20N4O2S/c1-19-6-8-20(9-7-19)17-15(21)16(4-5-16)14-11-12(22-18-14)13-3-2-10-23-13/h2-3,10-11H,4-9H2,1H3,(H,17,21). The summed E-state index contributed by atoms with van der Waals surface area (Å²) in [6.07, 6.45) is 1.67. The molecule has 3 heterocycles. The second kappa shape index (κ2) is 5.74. The van der Waals surface area contributed by atoms with Crippen molar-refractivity contribution in [1.29, 1.82) is 0 Å². The molecule has 122 valence electrons. The van der Waals surface area contributed by atoms with E-state index in [0.717, 1.165) is 55.4 Å². The van der Waals surface area contributed by atoms with Crippen LogP contribution in [-0.4, -0.2) is 54.2 Å². The topological polar surface area (TPSA) is 61.6 Å². The van der Waals surface area contributed by atoms with Crippen LogP contribution in [-0.2, 0) is 10.2 Å². The predicted molar refractivity (Wildman–Crippen MR) is 87.9 cm³/mol. The van der Waals surface area contributed by atoms with E-state index < -0.39 is 5.41 Å². The quantitative estimate of drug-likeness (QED) is 0.924. The van der Waals surface area contributed by atoms with Crippen LogP contribution in [0.3, 0.4) is 0 Å². The van der Waals surface area contributed by atoms with Crippen molar-refractivity contribution < 1.29 is 9.32 Å². The highest BCUT2D eigenvalue weighted by molar-refractivity contribution is 7.13. The second-order valence-electron chi connectivity index (χ2n) is 6.37. The predicted octanol–water partition coefficient (Wildman–Crippen LogP) is 1.71. The molecule has 2 aliphatic rings. The number of amides is 1. The number of hydrogen-bond acceptors (Lipinski definition) is 6. The van der Waals surface area contributed by atoms with E-state index >= 15 is 0 Å². The Morgan fingerprint density at radius 1 is 1.35 bits per heavy atom. The summed E-state index contributed by atoms with van der Waals surface area (Å²) in [7, 11) is 2.10. The van der Waals surface area contributed by atoms with Crippen LogP contribution in [0.5, 0.6) is 0 Å². The molecule has 7 heteroatoms. The lowest BCUT2D eigenvalue weighted by molar-refractivity contribution is -0.129. The van der Waals surface area contributed by atoms with Crippen LogP contribution in [0.4, 0.5) is 0 Å². The van der Waals surface area contributed by atoms with E-state index in [-0.39, 0.29) is 5.91 Å². The van der Waals surface area contributed by atoms with Crippen LogP contribution in [0.2, 0.25) is 0 Å². The normalized spacial score (nSPS) is 21.3. The Hall–Kier alpha value is -1.70. The highest BCUT2D eigenvalue weighted by Crippen LogP contribution is 2.48. The molecular weight excluding hydrogens is 312 g/mol. The molecule has 2 aromatic heterocycles. The molecule has 4 rings (SSSR count). The Morgan fingerprint density at radius 2 is 2.13 bits per heavy atom. The molecule has 1 saturated carbocycles.